The van der Waals surface area contributed by atoms with Crippen molar-refractivity contribution in [1.82, 2.24) is 5.32 Å². The quantitative estimate of drug-likeness (QED) is 0.789. The molecular formula is C12H17BrN2O2. The van der Waals surface area contributed by atoms with Crippen LogP contribution in [-0.4, -0.2) is 25.1 Å². The van der Waals surface area contributed by atoms with Crippen molar-refractivity contribution >= 4 is 21.8 Å². The zero-order valence-corrected chi connectivity index (χ0v) is 11.6. The van der Waals surface area contributed by atoms with Gasteiger partial charge < -0.3 is 15.8 Å². The Bertz CT molecular complexity index is 394. The Morgan fingerprint density at radius 3 is 2.82 bits per heavy atom. The highest BCUT2D eigenvalue weighted by molar-refractivity contribution is 9.10. The van der Waals surface area contributed by atoms with Gasteiger partial charge in [0.15, 0.2) is 0 Å². The topological polar surface area (TPSA) is 64.3 Å². The Kier molecular flexibility index (Phi) is 5.44. The first-order valence-corrected chi connectivity index (χ1v) is 6.25. The summed E-state index contributed by atoms with van der Waals surface area (Å²) in [5, 5.41) is 3.23. The Hall–Kier alpha value is -1.07. The van der Waals surface area contributed by atoms with Crippen molar-refractivity contribution in [2.45, 2.75) is 19.9 Å². The lowest BCUT2D eigenvalue weighted by Crippen LogP contribution is -2.27. The maximum Gasteiger partial charge on any atom is 0.252 e. The molecule has 0 unspecified atom stereocenters. The lowest BCUT2D eigenvalue weighted by molar-refractivity contribution is 0.0996. The summed E-state index contributed by atoms with van der Waals surface area (Å²) in [6, 6.07) is 5.63. The summed E-state index contributed by atoms with van der Waals surface area (Å²) in [5.41, 5.74) is 5.67. The zero-order chi connectivity index (χ0) is 12.8. The van der Waals surface area contributed by atoms with Gasteiger partial charge in [0.1, 0.15) is 12.4 Å². The van der Waals surface area contributed by atoms with Crippen LogP contribution in [0.25, 0.3) is 0 Å². The SMILES string of the molecule is CC(C)NCCOc1ccc(Br)cc1C(N)=O. The summed E-state index contributed by atoms with van der Waals surface area (Å²) in [6.45, 7) is 5.36. The monoisotopic (exact) mass is 300 g/mol. The van der Waals surface area contributed by atoms with Crippen LogP contribution in [0.2, 0.25) is 0 Å². The normalized spacial score (nSPS) is 10.6. The number of nitrogens with one attached hydrogen (secondary N) is 1. The van der Waals surface area contributed by atoms with Gasteiger partial charge in [-0.2, -0.15) is 0 Å². The number of nitrogens with two attached hydrogens (primary N) is 1. The molecule has 0 aliphatic rings. The number of carbonyl (C=O) groups is 1. The van der Waals surface area contributed by atoms with Gasteiger partial charge in [0.2, 0.25) is 0 Å². The number of ether oxygens (including phenoxy) is 1. The second-order valence-electron chi connectivity index (χ2n) is 3.96. The van der Waals surface area contributed by atoms with Crippen molar-refractivity contribution in [3.63, 3.8) is 0 Å². The molecule has 94 valence electrons. The molecule has 0 aliphatic carbocycles. The average Bonchev–Trinajstić information content (AvgIpc) is 2.25. The van der Waals surface area contributed by atoms with E-state index >= 15 is 0 Å². The number of hydrogen-bond acceptors (Lipinski definition) is 3. The maximum absolute atomic E-state index is 11.2. The summed E-state index contributed by atoms with van der Waals surface area (Å²) >= 11 is 3.29. The Morgan fingerprint density at radius 2 is 2.24 bits per heavy atom. The van der Waals surface area contributed by atoms with Gasteiger partial charge in [-0.15, -0.1) is 0 Å². The molecule has 0 radical (unpaired) electrons. The molecular weight excluding hydrogens is 284 g/mol. The summed E-state index contributed by atoms with van der Waals surface area (Å²) in [4.78, 5) is 11.2. The lowest BCUT2D eigenvalue weighted by Gasteiger charge is -2.12. The fraction of sp³-hybridized carbons (Fsp3) is 0.417. The number of benzene rings is 1. The predicted octanol–water partition coefficient (Wildman–Crippen LogP) is 1.92. The molecule has 0 spiro atoms. The molecule has 17 heavy (non-hydrogen) atoms. The molecule has 4 nitrogen and oxygen atoms in total. The maximum atomic E-state index is 11.2. The van der Waals surface area contributed by atoms with Crippen LogP contribution in [-0.2, 0) is 0 Å². The van der Waals surface area contributed by atoms with Gasteiger partial charge in [-0.25, -0.2) is 0 Å². The highest BCUT2D eigenvalue weighted by Gasteiger charge is 2.09. The van der Waals surface area contributed by atoms with Crippen molar-refractivity contribution in [3.05, 3.63) is 28.2 Å². The molecule has 5 heteroatoms. The Morgan fingerprint density at radius 1 is 1.53 bits per heavy atom. The Balaban J connectivity index is 2.61. The van der Waals surface area contributed by atoms with Gasteiger partial charge in [0.05, 0.1) is 5.56 Å². The van der Waals surface area contributed by atoms with E-state index in [1.54, 1.807) is 12.1 Å². The molecule has 0 saturated heterocycles. The minimum Gasteiger partial charge on any atom is -0.491 e. The molecule has 1 aromatic rings. The van der Waals surface area contributed by atoms with E-state index in [1.165, 1.54) is 0 Å². The second-order valence-corrected chi connectivity index (χ2v) is 4.88. The van der Waals surface area contributed by atoms with Crippen LogP contribution in [0.15, 0.2) is 22.7 Å². The third kappa shape index (κ3) is 4.75. The molecule has 0 atom stereocenters. The van der Waals surface area contributed by atoms with E-state index in [1.807, 2.05) is 6.07 Å². The van der Waals surface area contributed by atoms with E-state index in [0.29, 0.717) is 24.0 Å². The van der Waals surface area contributed by atoms with Crippen molar-refractivity contribution in [2.24, 2.45) is 5.73 Å². The Labute approximate surface area is 110 Å². The van der Waals surface area contributed by atoms with Crippen LogP contribution in [0.4, 0.5) is 0 Å². The van der Waals surface area contributed by atoms with Crippen LogP contribution >= 0.6 is 15.9 Å². The van der Waals surface area contributed by atoms with Crippen LogP contribution < -0.4 is 15.8 Å². The number of rotatable bonds is 6. The minimum absolute atomic E-state index is 0.393. The van der Waals surface area contributed by atoms with Gasteiger partial charge in [-0.1, -0.05) is 29.8 Å². The van der Waals surface area contributed by atoms with Crippen LogP contribution in [0.1, 0.15) is 24.2 Å². The van der Waals surface area contributed by atoms with E-state index in [0.717, 1.165) is 11.0 Å². The van der Waals surface area contributed by atoms with E-state index in [9.17, 15) is 4.79 Å². The first kappa shape index (κ1) is 14.0. The molecule has 1 aromatic carbocycles. The standard InChI is InChI=1S/C12H17BrN2O2/c1-8(2)15-5-6-17-11-4-3-9(13)7-10(11)12(14)16/h3-4,7-8,15H,5-6H2,1-2H3,(H2,14,16). The fourth-order valence-corrected chi connectivity index (χ4v) is 1.69. The van der Waals surface area contributed by atoms with E-state index < -0.39 is 5.91 Å². The van der Waals surface area contributed by atoms with Crippen LogP contribution in [0, 0.1) is 0 Å². The van der Waals surface area contributed by atoms with E-state index in [2.05, 4.69) is 35.1 Å². The van der Waals surface area contributed by atoms with Gasteiger partial charge in [-0.05, 0) is 18.2 Å². The summed E-state index contributed by atoms with van der Waals surface area (Å²) in [5.74, 6) is 0.0318. The number of carbonyl (C=O) groups excluding carboxylic acids is 1. The number of hydrogen-bond donors (Lipinski definition) is 2. The van der Waals surface area contributed by atoms with Crippen molar-refractivity contribution in [3.8, 4) is 5.75 Å². The zero-order valence-electron chi connectivity index (χ0n) is 10.00. The number of primary amides is 1. The third-order valence-corrected chi connectivity index (χ3v) is 2.61. The second kappa shape index (κ2) is 6.61. The number of halogens is 1. The first-order valence-electron chi connectivity index (χ1n) is 5.46. The molecule has 1 rings (SSSR count). The molecule has 1 amide bonds. The van der Waals surface area contributed by atoms with Gasteiger partial charge in [0.25, 0.3) is 5.91 Å². The largest absolute Gasteiger partial charge is 0.491 e. The highest BCUT2D eigenvalue weighted by atomic mass is 79.9. The molecule has 0 saturated carbocycles. The molecule has 0 aliphatic heterocycles. The molecule has 0 bridgehead atoms. The molecule has 0 heterocycles. The van der Waals surface area contributed by atoms with Crippen molar-refractivity contribution < 1.29 is 9.53 Å². The average molecular weight is 301 g/mol. The summed E-state index contributed by atoms with van der Waals surface area (Å²) < 4.78 is 6.32. The van der Waals surface area contributed by atoms with Crippen molar-refractivity contribution in [2.75, 3.05) is 13.2 Å². The van der Waals surface area contributed by atoms with Crippen molar-refractivity contribution in [1.29, 1.82) is 0 Å². The number of amides is 1. The minimum atomic E-state index is -0.488. The molecule has 0 fully saturated rings. The lowest BCUT2D eigenvalue weighted by atomic mass is 10.2. The van der Waals surface area contributed by atoms with Gasteiger partial charge in [-0.3, -0.25) is 4.79 Å². The van der Waals surface area contributed by atoms with E-state index in [4.69, 9.17) is 10.5 Å². The molecule has 0 aromatic heterocycles. The smallest absolute Gasteiger partial charge is 0.252 e. The van der Waals surface area contributed by atoms with Gasteiger partial charge >= 0.3 is 0 Å². The van der Waals surface area contributed by atoms with Crippen LogP contribution in [0.3, 0.4) is 0 Å². The molecule has 3 N–H and O–H groups in total. The highest BCUT2D eigenvalue weighted by Crippen LogP contribution is 2.22. The first-order chi connectivity index (χ1) is 8.00. The van der Waals surface area contributed by atoms with Gasteiger partial charge in [0, 0.05) is 17.1 Å². The summed E-state index contributed by atoms with van der Waals surface area (Å²) in [7, 11) is 0. The fourth-order valence-electron chi connectivity index (χ4n) is 1.33. The van der Waals surface area contributed by atoms with E-state index in [-0.39, 0.29) is 0 Å². The van der Waals surface area contributed by atoms with Crippen LogP contribution in [0.5, 0.6) is 5.75 Å². The summed E-state index contributed by atoms with van der Waals surface area (Å²) in [6.07, 6.45) is 0. The third-order valence-electron chi connectivity index (χ3n) is 2.12. The predicted molar refractivity (Wildman–Crippen MR) is 71.3 cm³/mol.